The minimum Gasteiger partial charge on any atom is -1.00 e. The molecule has 0 radical (unpaired) electrons. The molecular weight excluding hydrogens is 382 g/mol. The van der Waals surface area contributed by atoms with Crippen molar-refractivity contribution < 1.29 is 31.1 Å². The SMILES string of the molecule is CCOCc1c[n+](CC(=O)c2ccc(Cl)cc2)c(C)nc1N.[Br-]. The molecule has 0 aliphatic carbocycles. The van der Waals surface area contributed by atoms with Gasteiger partial charge in [0.25, 0.3) is 5.82 Å². The lowest BCUT2D eigenvalue weighted by Gasteiger charge is -2.06. The van der Waals surface area contributed by atoms with Crippen molar-refractivity contribution in [3.8, 4) is 0 Å². The number of halogens is 2. The summed E-state index contributed by atoms with van der Waals surface area (Å²) in [7, 11) is 0. The lowest BCUT2D eigenvalue weighted by Crippen LogP contribution is -3.00. The Kier molecular flexibility index (Phi) is 7.61. The topological polar surface area (TPSA) is 69.1 Å². The maximum absolute atomic E-state index is 12.3. The number of nitrogens with two attached hydrogens (primary N) is 1. The van der Waals surface area contributed by atoms with E-state index in [1.165, 1.54) is 0 Å². The van der Waals surface area contributed by atoms with Gasteiger partial charge in [0.15, 0.2) is 6.54 Å². The van der Waals surface area contributed by atoms with E-state index in [0.29, 0.717) is 35.4 Å². The van der Waals surface area contributed by atoms with Crippen molar-refractivity contribution in [3.63, 3.8) is 0 Å². The molecule has 0 aliphatic heterocycles. The number of nitrogens with zero attached hydrogens (tertiary/aromatic N) is 2. The molecule has 0 saturated heterocycles. The molecule has 2 rings (SSSR count). The highest BCUT2D eigenvalue weighted by Gasteiger charge is 2.18. The molecule has 0 spiro atoms. The van der Waals surface area contributed by atoms with Gasteiger partial charge in [-0.2, -0.15) is 0 Å². The van der Waals surface area contributed by atoms with Crippen molar-refractivity contribution in [1.29, 1.82) is 0 Å². The zero-order valence-electron chi connectivity index (χ0n) is 13.1. The zero-order valence-corrected chi connectivity index (χ0v) is 15.4. The van der Waals surface area contributed by atoms with Crippen LogP contribution in [0.15, 0.2) is 30.5 Å². The van der Waals surface area contributed by atoms with Gasteiger partial charge < -0.3 is 27.5 Å². The van der Waals surface area contributed by atoms with Crippen LogP contribution >= 0.6 is 11.6 Å². The Morgan fingerprint density at radius 1 is 1.35 bits per heavy atom. The summed E-state index contributed by atoms with van der Waals surface area (Å²) in [5.41, 5.74) is 7.27. The van der Waals surface area contributed by atoms with Crippen LogP contribution in [0.1, 0.15) is 28.7 Å². The van der Waals surface area contributed by atoms with Gasteiger partial charge in [-0.05, 0) is 36.2 Å². The number of ether oxygens (including phenoxy) is 1. The third kappa shape index (κ3) is 5.27. The van der Waals surface area contributed by atoms with Crippen LogP contribution in [-0.2, 0) is 17.9 Å². The molecule has 2 aromatic rings. The Morgan fingerprint density at radius 3 is 2.61 bits per heavy atom. The van der Waals surface area contributed by atoms with E-state index >= 15 is 0 Å². The Bertz CT molecular complexity index is 678. The Balaban J connectivity index is 0.00000264. The van der Waals surface area contributed by atoms with Crippen LogP contribution < -0.4 is 27.3 Å². The fourth-order valence-corrected chi connectivity index (χ4v) is 2.15. The Hall–Kier alpha value is -1.50. The summed E-state index contributed by atoms with van der Waals surface area (Å²) in [5, 5.41) is 0.605. The number of anilines is 1. The molecule has 124 valence electrons. The summed E-state index contributed by atoms with van der Waals surface area (Å²) in [4.78, 5) is 16.6. The molecule has 2 N–H and O–H groups in total. The Labute approximate surface area is 151 Å². The van der Waals surface area contributed by atoms with Crippen molar-refractivity contribution in [2.24, 2.45) is 0 Å². The number of benzene rings is 1. The van der Waals surface area contributed by atoms with Gasteiger partial charge in [-0.3, -0.25) is 4.79 Å². The summed E-state index contributed by atoms with van der Waals surface area (Å²) in [5.74, 6) is 1.10. The van der Waals surface area contributed by atoms with Crippen LogP contribution in [0.5, 0.6) is 0 Å². The number of nitrogen functional groups attached to an aromatic ring is 1. The number of hydrogen-bond donors (Lipinski definition) is 1. The second kappa shape index (κ2) is 8.96. The summed E-state index contributed by atoms with van der Waals surface area (Å²) >= 11 is 5.83. The summed E-state index contributed by atoms with van der Waals surface area (Å²) < 4.78 is 7.14. The third-order valence-corrected chi connectivity index (χ3v) is 3.53. The first-order chi connectivity index (χ1) is 10.5. The number of Topliss-reactive ketones (excluding diaryl/α,β-unsaturated/α-hetero) is 1. The van der Waals surface area contributed by atoms with Gasteiger partial charge in [-0.15, -0.1) is 0 Å². The third-order valence-electron chi connectivity index (χ3n) is 3.28. The van der Waals surface area contributed by atoms with Crippen molar-refractivity contribution in [1.82, 2.24) is 4.98 Å². The number of aromatic nitrogens is 2. The maximum Gasteiger partial charge on any atom is 0.298 e. The lowest BCUT2D eigenvalue weighted by molar-refractivity contribution is -0.692. The van der Waals surface area contributed by atoms with E-state index in [0.717, 1.165) is 5.56 Å². The van der Waals surface area contributed by atoms with Crippen molar-refractivity contribution in [3.05, 3.63) is 52.4 Å². The minimum atomic E-state index is -0.0151. The standard InChI is InChI=1S/C16H18ClN3O2.BrH/c1-3-22-10-13-8-20(11(2)19-16(13)18)9-15(21)12-4-6-14(17)7-5-12;/h4-8,18H,3,9-10H2,1-2H3;1H. The van der Waals surface area contributed by atoms with Crippen LogP contribution in [0.2, 0.25) is 5.02 Å². The van der Waals surface area contributed by atoms with Crippen LogP contribution in [0, 0.1) is 6.92 Å². The van der Waals surface area contributed by atoms with E-state index in [2.05, 4.69) is 4.98 Å². The van der Waals surface area contributed by atoms with Crippen LogP contribution in [0.4, 0.5) is 5.82 Å². The fraction of sp³-hybridized carbons (Fsp3) is 0.312. The molecule has 23 heavy (non-hydrogen) atoms. The lowest BCUT2D eigenvalue weighted by atomic mass is 10.1. The average Bonchev–Trinajstić information content (AvgIpc) is 2.49. The first-order valence-electron chi connectivity index (χ1n) is 7.03. The second-order valence-electron chi connectivity index (χ2n) is 4.89. The zero-order chi connectivity index (χ0) is 16.1. The number of ketones is 1. The molecule has 0 bridgehead atoms. The van der Waals surface area contributed by atoms with E-state index in [9.17, 15) is 4.79 Å². The molecule has 0 aliphatic rings. The highest BCUT2D eigenvalue weighted by atomic mass is 79.9. The van der Waals surface area contributed by atoms with Crippen LogP contribution in [0.3, 0.4) is 0 Å². The van der Waals surface area contributed by atoms with Gasteiger partial charge >= 0.3 is 0 Å². The highest BCUT2D eigenvalue weighted by molar-refractivity contribution is 6.30. The summed E-state index contributed by atoms with van der Waals surface area (Å²) in [6, 6.07) is 6.83. The number of rotatable bonds is 6. The van der Waals surface area contributed by atoms with Crippen LogP contribution in [0.25, 0.3) is 0 Å². The van der Waals surface area contributed by atoms with Gasteiger partial charge in [-0.25, -0.2) is 4.57 Å². The van der Waals surface area contributed by atoms with Crippen molar-refractivity contribution >= 4 is 23.2 Å². The minimum absolute atomic E-state index is 0. The molecule has 1 aromatic carbocycles. The van der Waals surface area contributed by atoms with Gasteiger partial charge in [0, 0.05) is 24.1 Å². The summed E-state index contributed by atoms with van der Waals surface area (Å²) in [6.07, 6.45) is 1.82. The molecule has 0 unspecified atom stereocenters. The Morgan fingerprint density at radius 2 is 2.00 bits per heavy atom. The number of aryl methyl sites for hydroxylation is 1. The van der Waals surface area contributed by atoms with E-state index in [-0.39, 0.29) is 29.3 Å². The predicted molar refractivity (Wildman–Crippen MR) is 84.7 cm³/mol. The first kappa shape index (κ1) is 19.5. The normalized spacial score (nSPS) is 10.2. The van der Waals surface area contributed by atoms with Gasteiger partial charge in [0.1, 0.15) is 6.20 Å². The molecular formula is C16H19BrClN3O2. The molecule has 0 amide bonds. The average molecular weight is 401 g/mol. The van der Waals surface area contributed by atoms with E-state index in [1.54, 1.807) is 28.8 Å². The monoisotopic (exact) mass is 399 g/mol. The van der Waals surface area contributed by atoms with Crippen molar-refractivity contribution in [2.75, 3.05) is 12.3 Å². The molecule has 1 heterocycles. The fourth-order valence-electron chi connectivity index (χ4n) is 2.02. The predicted octanol–water partition coefficient (Wildman–Crippen LogP) is -0.663. The summed E-state index contributed by atoms with van der Waals surface area (Å²) in [6.45, 7) is 4.90. The number of carbonyl (C=O) groups is 1. The van der Waals surface area contributed by atoms with Crippen LogP contribution in [-0.4, -0.2) is 17.4 Å². The molecule has 0 saturated carbocycles. The van der Waals surface area contributed by atoms with E-state index in [1.807, 2.05) is 20.0 Å². The number of hydrogen-bond acceptors (Lipinski definition) is 4. The van der Waals surface area contributed by atoms with Crippen molar-refractivity contribution in [2.45, 2.75) is 27.0 Å². The smallest absolute Gasteiger partial charge is 0.298 e. The molecule has 7 heteroatoms. The molecule has 0 fully saturated rings. The largest absolute Gasteiger partial charge is 1.00 e. The molecule has 0 atom stereocenters. The molecule has 5 nitrogen and oxygen atoms in total. The molecule has 1 aromatic heterocycles. The second-order valence-corrected chi connectivity index (χ2v) is 5.33. The van der Waals surface area contributed by atoms with Gasteiger partial charge in [0.2, 0.25) is 11.6 Å². The van der Waals surface area contributed by atoms with Gasteiger partial charge in [0.05, 0.1) is 12.2 Å². The van der Waals surface area contributed by atoms with E-state index < -0.39 is 0 Å². The van der Waals surface area contributed by atoms with Gasteiger partial charge in [-0.1, -0.05) is 11.6 Å². The highest BCUT2D eigenvalue weighted by Crippen LogP contribution is 2.11. The first-order valence-corrected chi connectivity index (χ1v) is 7.41. The van der Waals surface area contributed by atoms with E-state index in [4.69, 9.17) is 22.1 Å². The maximum atomic E-state index is 12.3. The quantitative estimate of drug-likeness (QED) is 0.516. The number of carbonyl (C=O) groups excluding carboxylic acids is 1.